The van der Waals surface area contributed by atoms with Gasteiger partial charge in [-0.15, -0.1) is 0 Å². The van der Waals surface area contributed by atoms with Crippen molar-refractivity contribution in [3.63, 3.8) is 0 Å². The number of nitrogens with zero attached hydrogens (tertiary/aromatic N) is 2. The number of hydrogen-bond donors (Lipinski definition) is 2. The van der Waals surface area contributed by atoms with E-state index in [9.17, 15) is 14.6 Å². The molecule has 0 fully saturated rings. The lowest BCUT2D eigenvalue weighted by atomic mass is 10.00. The van der Waals surface area contributed by atoms with Gasteiger partial charge in [-0.2, -0.15) is 0 Å². The fourth-order valence-corrected chi connectivity index (χ4v) is 2.95. The molecule has 2 N–H and O–H groups in total. The number of aliphatic hydroxyl groups is 2. The Labute approximate surface area is 152 Å². The van der Waals surface area contributed by atoms with Crippen LogP contribution in [-0.2, 0) is 6.42 Å². The molecular weight excluding hydrogens is 331 g/mol. The highest BCUT2D eigenvalue weighted by Gasteiger charge is 2.14. The van der Waals surface area contributed by atoms with Crippen LogP contribution in [0.3, 0.4) is 0 Å². The molecular formula is C21H23FN2O2. The molecule has 0 spiro atoms. The van der Waals surface area contributed by atoms with Crippen LogP contribution >= 0.6 is 0 Å². The molecule has 0 saturated heterocycles. The van der Waals surface area contributed by atoms with Crippen molar-refractivity contribution in [3.05, 3.63) is 59.5 Å². The molecule has 0 aliphatic heterocycles. The zero-order chi connectivity index (χ0) is 18.7. The molecule has 0 radical (unpaired) electrons. The van der Waals surface area contributed by atoms with Gasteiger partial charge in [-0.1, -0.05) is 13.0 Å². The molecule has 136 valence electrons. The van der Waals surface area contributed by atoms with Crippen LogP contribution in [-0.4, -0.2) is 26.5 Å². The highest BCUT2D eigenvalue weighted by molar-refractivity contribution is 5.79. The summed E-state index contributed by atoms with van der Waals surface area (Å²) in [6.45, 7) is 3.82. The van der Waals surface area contributed by atoms with Gasteiger partial charge in [-0.3, -0.25) is 0 Å². The molecule has 1 aromatic heterocycles. The second kappa shape index (κ2) is 7.89. The minimum Gasteiger partial charge on any atom is -0.368 e. The van der Waals surface area contributed by atoms with Crippen molar-refractivity contribution < 1.29 is 14.6 Å². The minimum atomic E-state index is -1.31. The van der Waals surface area contributed by atoms with Crippen LogP contribution in [0.2, 0.25) is 0 Å². The lowest BCUT2D eigenvalue weighted by molar-refractivity contribution is -0.0806. The highest BCUT2D eigenvalue weighted by atomic mass is 19.1. The zero-order valence-corrected chi connectivity index (χ0v) is 15.0. The molecule has 0 saturated carbocycles. The third-order valence-corrected chi connectivity index (χ3v) is 4.59. The average molecular weight is 354 g/mol. The van der Waals surface area contributed by atoms with E-state index in [0.717, 1.165) is 40.0 Å². The molecule has 26 heavy (non-hydrogen) atoms. The third-order valence-electron chi connectivity index (χ3n) is 4.59. The fourth-order valence-electron chi connectivity index (χ4n) is 2.95. The van der Waals surface area contributed by atoms with Crippen LogP contribution in [0, 0.1) is 18.7 Å². The lowest BCUT2D eigenvalue weighted by Crippen LogP contribution is -2.16. The van der Waals surface area contributed by atoms with Gasteiger partial charge < -0.3 is 10.2 Å². The number of hydrogen-bond acceptors (Lipinski definition) is 4. The minimum absolute atomic E-state index is 0.195. The number of aromatic nitrogens is 2. The number of benzene rings is 2. The molecule has 0 amide bonds. The molecule has 4 nitrogen and oxygen atoms in total. The molecule has 1 unspecified atom stereocenters. The topological polar surface area (TPSA) is 66.2 Å². The number of rotatable bonds is 6. The molecule has 0 bridgehead atoms. The molecule has 0 aliphatic rings. The Morgan fingerprint density at radius 2 is 1.73 bits per heavy atom. The second-order valence-corrected chi connectivity index (χ2v) is 6.80. The van der Waals surface area contributed by atoms with E-state index in [0.29, 0.717) is 12.8 Å². The van der Waals surface area contributed by atoms with Crippen LogP contribution in [0.15, 0.2) is 42.5 Å². The van der Waals surface area contributed by atoms with E-state index in [1.807, 2.05) is 25.1 Å². The SMILES string of the molecule is Cc1ccc2nc(-c3ccc(F)cc3)c(CCCC(C)C(O)O)nc2c1. The highest BCUT2D eigenvalue weighted by Crippen LogP contribution is 2.26. The molecule has 2 aromatic carbocycles. The first-order valence-corrected chi connectivity index (χ1v) is 8.83. The smallest absolute Gasteiger partial charge is 0.154 e. The summed E-state index contributed by atoms with van der Waals surface area (Å²) in [7, 11) is 0. The predicted octanol–water partition coefficient (Wildman–Crippen LogP) is 4.01. The van der Waals surface area contributed by atoms with Gasteiger partial charge in [-0.05, 0) is 68.1 Å². The standard InChI is InChI=1S/C21H23FN2O2/c1-13-6-11-17-19(12-13)23-18(5-3-4-14(2)21(25)26)20(24-17)15-7-9-16(22)10-8-15/h6-12,14,21,25-26H,3-5H2,1-2H3. The Kier molecular flexibility index (Phi) is 5.59. The predicted molar refractivity (Wildman–Crippen MR) is 100.0 cm³/mol. The van der Waals surface area contributed by atoms with Crippen LogP contribution in [0.4, 0.5) is 4.39 Å². The molecule has 1 atom stereocenters. The first-order chi connectivity index (χ1) is 12.4. The van der Waals surface area contributed by atoms with Gasteiger partial charge in [0.05, 0.1) is 22.4 Å². The maximum Gasteiger partial charge on any atom is 0.154 e. The molecule has 3 rings (SSSR count). The summed E-state index contributed by atoms with van der Waals surface area (Å²) < 4.78 is 13.3. The van der Waals surface area contributed by atoms with Crippen molar-refractivity contribution >= 4 is 11.0 Å². The van der Waals surface area contributed by atoms with E-state index in [-0.39, 0.29) is 11.7 Å². The zero-order valence-electron chi connectivity index (χ0n) is 15.0. The van der Waals surface area contributed by atoms with Crippen molar-refractivity contribution in [1.82, 2.24) is 9.97 Å². The first-order valence-electron chi connectivity index (χ1n) is 8.83. The molecule has 5 heteroatoms. The number of fused-ring (bicyclic) bond motifs is 1. The van der Waals surface area contributed by atoms with Crippen molar-refractivity contribution in [2.75, 3.05) is 0 Å². The van der Waals surface area contributed by atoms with Crippen LogP contribution in [0.25, 0.3) is 22.3 Å². The van der Waals surface area contributed by atoms with Crippen LogP contribution in [0.1, 0.15) is 31.0 Å². The quantitative estimate of drug-likeness (QED) is 0.656. The summed E-state index contributed by atoms with van der Waals surface area (Å²) in [4.78, 5) is 9.56. The van der Waals surface area contributed by atoms with E-state index >= 15 is 0 Å². The largest absolute Gasteiger partial charge is 0.368 e. The van der Waals surface area contributed by atoms with Gasteiger partial charge in [0.15, 0.2) is 6.29 Å². The maximum atomic E-state index is 13.3. The summed E-state index contributed by atoms with van der Waals surface area (Å²) in [5.41, 5.74) is 5.17. The molecule has 0 aliphatic carbocycles. The van der Waals surface area contributed by atoms with E-state index in [4.69, 9.17) is 9.97 Å². The van der Waals surface area contributed by atoms with Crippen molar-refractivity contribution in [2.45, 2.75) is 39.4 Å². The van der Waals surface area contributed by atoms with Crippen molar-refractivity contribution in [1.29, 1.82) is 0 Å². The fraction of sp³-hybridized carbons (Fsp3) is 0.333. The summed E-state index contributed by atoms with van der Waals surface area (Å²) in [6.07, 6.45) is 0.796. The summed E-state index contributed by atoms with van der Waals surface area (Å²) >= 11 is 0. The van der Waals surface area contributed by atoms with E-state index < -0.39 is 6.29 Å². The van der Waals surface area contributed by atoms with Crippen molar-refractivity contribution in [2.24, 2.45) is 5.92 Å². The Morgan fingerprint density at radius 1 is 1.00 bits per heavy atom. The third kappa shape index (κ3) is 4.23. The van der Waals surface area contributed by atoms with Gasteiger partial charge in [0.25, 0.3) is 0 Å². The Hall–Kier alpha value is -2.37. The van der Waals surface area contributed by atoms with E-state index in [1.165, 1.54) is 12.1 Å². The van der Waals surface area contributed by atoms with E-state index in [1.54, 1.807) is 19.1 Å². The number of halogens is 1. The van der Waals surface area contributed by atoms with E-state index in [2.05, 4.69) is 0 Å². The van der Waals surface area contributed by atoms with Gasteiger partial charge in [0, 0.05) is 11.5 Å². The van der Waals surface area contributed by atoms with Gasteiger partial charge in [-0.25, -0.2) is 14.4 Å². The Balaban J connectivity index is 1.97. The van der Waals surface area contributed by atoms with Crippen LogP contribution < -0.4 is 0 Å². The average Bonchev–Trinajstić information content (AvgIpc) is 2.61. The summed E-state index contributed by atoms with van der Waals surface area (Å²) in [5, 5.41) is 18.5. The Morgan fingerprint density at radius 3 is 2.42 bits per heavy atom. The van der Waals surface area contributed by atoms with Gasteiger partial charge in [0.2, 0.25) is 0 Å². The summed E-state index contributed by atoms with van der Waals surface area (Å²) in [6, 6.07) is 12.2. The van der Waals surface area contributed by atoms with Crippen LogP contribution in [0.5, 0.6) is 0 Å². The Bertz CT molecular complexity index is 894. The second-order valence-electron chi connectivity index (χ2n) is 6.80. The normalized spacial score (nSPS) is 12.7. The van der Waals surface area contributed by atoms with Gasteiger partial charge >= 0.3 is 0 Å². The number of aliphatic hydroxyl groups excluding tert-OH is 1. The summed E-state index contributed by atoms with van der Waals surface area (Å²) in [5.74, 6) is -0.481. The van der Waals surface area contributed by atoms with Crippen molar-refractivity contribution in [3.8, 4) is 11.3 Å². The number of aryl methyl sites for hydroxylation is 2. The molecule has 1 heterocycles. The molecule has 3 aromatic rings. The van der Waals surface area contributed by atoms with Gasteiger partial charge in [0.1, 0.15) is 5.82 Å². The lowest BCUT2D eigenvalue weighted by Gasteiger charge is -2.14. The maximum absolute atomic E-state index is 13.3. The monoisotopic (exact) mass is 354 g/mol. The first kappa shape index (κ1) is 18.4.